The molecule has 0 saturated heterocycles. The minimum absolute atomic E-state index is 0.0935. The Hall–Kier alpha value is -2.67. The molecule has 1 N–H and O–H groups in total. The molecule has 7 nitrogen and oxygen atoms in total. The number of carbonyl (C=O) groups excluding carboxylic acids is 1. The van der Waals surface area contributed by atoms with Gasteiger partial charge in [-0.1, -0.05) is 28.9 Å². The second-order valence-electron chi connectivity index (χ2n) is 5.43. The number of aromatic nitrogens is 4. The van der Waals surface area contributed by atoms with E-state index < -0.39 is 0 Å². The van der Waals surface area contributed by atoms with Crippen LogP contribution < -0.4 is 5.32 Å². The Balaban J connectivity index is 1.69. The van der Waals surface area contributed by atoms with E-state index in [1.165, 1.54) is 0 Å². The van der Waals surface area contributed by atoms with Crippen molar-refractivity contribution in [2.24, 2.45) is 0 Å². The molecule has 0 bridgehead atoms. The topological polar surface area (TPSA) is 85.8 Å². The highest BCUT2D eigenvalue weighted by Gasteiger charge is 2.16. The summed E-state index contributed by atoms with van der Waals surface area (Å²) in [6, 6.07) is 8.98. The Morgan fingerprint density at radius 2 is 2.12 bits per heavy atom. The van der Waals surface area contributed by atoms with Crippen molar-refractivity contribution in [2.45, 2.75) is 26.4 Å². The average molecular weight is 346 g/mol. The fraction of sp³-hybridized carbons (Fsp3) is 0.250. The van der Waals surface area contributed by atoms with Crippen molar-refractivity contribution >= 4 is 17.5 Å². The molecule has 0 aliphatic carbocycles. The first-order chi connectivity index (χ1) is 11.6. The largest absolute Gasteiger partial charge is 0.342 e. The zero-order chi connectivity index (χ0) is 17.1. The van der Waals surface area contributed by atoms with Gasteiger partial charge in [0, 0.05) is 17.8 Å². The van der Waals surface area contributed by atoms with E-state index in [0.717, 1.165) is 0 Å². The first-order valence-corrected chi connectivity index (χ1v) is 7.83. The van der Waals surface area contributed by atoms with E-state index in [0.29, 0.717) is 28.0 Å². The van der Waals surface area contributed by atoms with Gasteiger partial charge in [-0.05, 0) is 32.0 Å². The second kappa shape index (κ2) is 6.84. The Morgan fingerprint density at radius 3 is 2.88 bits per heavy atom. The van der Waals surface area contributed by atoms with Crippen molar-refractivity contribution in [3.63, 3.8) is 0 Å². The molecular weight excluding hydrogens is 330 g/mol. The monoisotopic (exact) mass is 345 g/mol. The third kappa shape index (κ3) is 3.30. The van der Waals surface area contributed by atoms with Gasteiger partial charge in [-0.3, -0.25) is 9.48 Å². The minimum atomic E-state index is -0.251. The van der Waals surface area contributed by atoms with Crippen LogP contribution in [0.4, 0.5) is 0 Å². The normalized spacial score (nSPS) is 11.0. The lowest BCUT2D eigenvalue weighted by atomic mass is 10.2. The number of hydrogen-bond acceptors (Lipinski definition) is 5. The predicted molar refractivity (Wildman–Crippen MR) is 88.5 cm³/mol. The highest BCUT2D eigenvalue weighted by Crippen LogP contribution is 2.24. The highest BCUT2D eigenvalue weighted by molar-refractivity contribution is 6.33. The SMILES string of the molecule is CC(C)n1nccc1C(=O)NCc1nc(-c2ccccc2Cl)no1. The van der Waals surface area contributed by atoms with E-state index in [1.54, 1.807) is 29.1 Å². The van der Waals surface area contributed by atoms with Gasteiger partial charge in [-0.25, -0.2) is 0 Å². The van der Waals surface area contributed by atoms with Crippen LogP contribution in [0.5, 0.6) is 0 Å². The van der Waals surface area contributed by atoms with Crippen LogP contribution in [0, 0.1) is 0 Å². The summed E-state index contributed by atoms with van der Waals surface area (Å²) >= 11 is 6.11. The zero-order valence-electron chi connectivity index (χ0n) is 13.2. The van der Waals surface area contributed by atoms with Crippen LogP contribution in [0.25, 0.3) is 11.4 Å². The summed E-state index contributed by atoms with van der Waals surface area (Å²) in [7, 11) is 0. The van der Waals surface area contributed by atoms with Gasteiger partial charge in [0.25, 0.3) is 5.91 Å². The number of halogens is 1. The molecule has 0 atom stereocenters. The summed E-state index contributed by atoms with van der Waals surface area (Å²) in [4.78, 5) is 16.5. The van der Waals surface area contributed by atoms with E-state index in [-0.39, 0.29) is 18.5 Å². The van der Waals surface area contributed by atoms with Crippen LogP contribution in [0.3, 0.4) is 0 Å². The minimum Gasteiger partial charge on any atom is -0.342 e. The third-order valence-corrected chi connectivity index (χ3v) is 3.70. The molecule has 0 radical (unpaired) electrons. The quantitative estimate of drug-likeness (QED) is 0.767. The van der Waals surface area contributed by atoms with Crippen molar-refractivity contribution in [1.29, 1.82) is 0 Å². The lowest BCUT2D eigenvalue weighted by Crippen LogP contribution is -2.26. The number of carbonyl (C=O) groups is 1. The molecule has 0 aliphatic heterocycles. The molecule has 1 aromatic carbocycles. The lowest BCUT2D eigenvalue weighted by Gasteiger charge is -2.10. The van der Waals surface area contributed by atoms with Gasteiger partial charge >= 0.3 is 0 Å². The number of rotatable bonds is 5. The summed E-state index contributed by atoms with van der Waals surface area (Å²) in [6.45, 7) is 4.04. The Morgan fingerprint density at radius 1 is 1.33 bits per heavy atom. The summed E-state index contributed by atoms with van der Waals surface area (Å²) in [5.74, 6) is 0.435. The summed E-state index contributed by atoms with van der Waals surface area (Å²) < 4.78 is 6.81. The average Bonchev–Trinajstić information content (AvgIpc) is 3.22. The number of hydrogen-bond donors (Lipinski definition) is 1. The van der Waals surface area contributed by atoms with Crippen LogP contribution in [-0.2, 0) is 6.54 Å². The standard InChI is InChI=1S/C16H16ClN5O2/c1-10(2)22-13(7-8-19-22)16(23)18-9-14-20-15(21-24-14)11-5-3-4-6-12(11)17/h3-8,10H,9H2,1-2H3,(H,18,23). The fourth-order valence-electron chi connectivity index (χ4n) is 2.23. The molecule has 2 heterocycles. The van der Waals surface area contributed by atoms with Crippen molar-refractivity contribution < 1.29 is 9.32 Å². The van der Waals surface area contributed by atoms with E-state index in [2.05, 4.69) is 20.6 Å². The Bertz CT molecular complexity index is 856. The lowest BCUT2D eigenvalue weighted by molar-refractivity contribution is 0.0933. The molecule has 0 fully saturated rings. The summed E-state index contributed by atoms with van der Waals surface area (Å²) in [5, 5.41) is 11.3. The first-order valence-electron chi connectivity index (χ1n) is 7.45. The van der Waals surface area contributed by atoms with Crippen LogP contribution in [0.2, 0.25) is 5.02 Å². The van der Waals surface area contributed by atoms with Gasteiger partial charge in [0.05, 0.1) is 11.6 Å². The summed E-state index contributed by atoms with van der Waals surface area (Å²) in [5.41, 5.74) is 1.16. The molecule has 0 unspecified atom stereocenters. The molecule has 3 rings (SSSR count). The second-order valence-corrected chi connectivity index (χ2v) is 5.84. The van der Waals surface area contributed by atoms with Gasteiger partial charge in [-0.15, -0.1) is 0 Å². The van der Waals surface area contributed by atoms with Crippen LogP contribution in [0.1, 0.15) is 36.3 Å². The van der Waals surface area contributed by atoms with E-state index >= 15 is 0 Å². The highest BCUT2D eigenvalue weighted by atomic mass is 35.5. The molecule has 8 heteroatoms. The van der Waals surface area contributed by atoms with Crippen molar-refractivity contribution in [3.05, 3.63) is 53.1 Å². The number of amides is 1. The van der Waals surface area contributed by atoms with Gasteiger partial charge in [0.1, 0.15) is 5.69 Å². The maximum Gasteiger partial charge on any atom is 0.270 e. The molecule has 124 valence electrons. The third-order valence-electron chi connectivity index (χ3n) is 3.38. The van der Waals surface area contributed by atoms with Gasteiger partial charge in [0.2, 0.25) is 11.7 Å². The fourth-order valence-corrected chi connectivity index (χ4v) is 2.45. The van der Waals surface area contributed by atoms with Crippen LogP contribution in [-0.4, -0.2) is 25.8 Å². The van der Waals surface area contributed by atoms with Crippen LogP contribution in [0.15, 0.2) is 41.1 Å². The zero-order valence-corrected chi connectivity index (χ0v) is 14.0. The van der Waals surface area contributed by atoms with E-state index in [9.17, 15) is 4.79 Å². The Kier molecular flexibility index (Phi) is 4.61. The number of benzene rings is 1. The van der Waals surface area contributed by atoms with Crippen molar-refractivity contribution in [2.75, 3.05) is 0 Å². The maximum atomic E-state index is 12.3. The van der Waals surface area contributed by atoms with E-state index in [1.807, 2.05) is 26.0 Å². The molecule has 0 aliphatic rings. The van der Waals surface area contributed by atoms with Crippen LogP contribution >= 0.6 is 11.6 Å². The molecular formula is C16H16ClN5O2. The predicted octanol–water partition coefficient (Wildman–Crippen LogP) is 3.10. The van der Waals surface area contributed by atoms with Crippen molar-refractivity contribution in [3.8, 4) is 11.4 Å². The maximum absolute atomic E-state index is 12.3. The molecule has 2 aromatic heterocycles. The van der Waals surface area contributed by atoms with E-state index in [4.69, 9.17) is 16.1 Å². The number of nitrogens with one attached hydrogen (secondary N) is 1. The molecule has 24 heavy (non-hydrogen) atoms. The molecule has 0 saturated carbocycles. The smallest absolute Gasteiger partial charge is 0.270 e. The number of nitrogens with zero attached hydrogens (tertiary/aromatic N) is 4. The van der Waals surface area contributed by atoms with Gasteiger partial charge < -0.3 is 9.84 Å². The van der Waals surface area contributed by atoms with Crippen molar-refractivity contribution in [1.82, 2.24) is 25.2 Å². The molecule has 0 spiro atoms. The van der Waals surface area contributed by atoms with Gasteiger partial charge in [-0.2, -0.15) is 10.1 Å². The molecule has 1 amide bonds. The first kappa shape index (κ1) is 16.2. The van der Waals surface area contributed by atoms with Gasteiger partial charge in [0.15, 0.2) is 0 Å². The Labute approximate surface area is 143 Å². The molecule has 3 aromatic rings. The summed E-state index contributed by atoms with van der Waals surface area (Å²) in [6.07, 6.45) is 1.59.